The molecule has 0 bridgehead atoms. The van der Waals surface area contributed by atoms with E-state index < -0.39 is 26.3 Å². The van der Waals surface area contributed by atoms with Crippen LogP contribution in [-0.4, -0.2) is 34.4 Å². The number of aryl methyl sites for hydroxylation is 2. The topological polar surface area (TPSA) is 133 Å². The molecule has 164 valence electrons. The Morgan fingerprint density at radius 3 is 1.50 bits per heavy atom. The first kappa shape index (κ1) is 23.5. The van der Waals surface area contributed by atoms with E-state index >= 15 is 0 Å². The van der Waals surface area contributed by atoms with Gasteiger partial charge in [-0.05, 0) is 51.0 Å². The smallest absolute Gasteiger partial charge is 0.323 e. The van der Waals surface area contributed by atoms with Crippen molar-refractivity contribution >= 4 is 37.6 Å². The summed E-state index contributed by atoms with van der Waals surface area (Å²) in [4.78, 5) is 13.3. The normalized spacial score (nSPS) is 11.7. The molecule has 0 radical (unpaired) electrons. The third-order valence-corrected chi connectivity index (χ3v) is 6.50. The van der Waals surface area contributed by atoms with Crippen LogP contribution in [0.4, 0.5) is 16.2 Å². The van der Waals surface area contributed by atoms with E-state index in [1.807, 2.05) is 0 Å². The van der Waals surface area contributed by atoms with Gasteiger partial charge in [-0.2, -0.15) is 16.8 Å². The quantitative estimate of drug-likeness (QED) is 0.604. The molecular weight excluding hydrogens is 432 g/mol. The molecule has 2 rings (SSSR count). The zero-order valence-corrected chi connectivity index (χ0v) is 18.7. The molecule has 0 aliphatic rings. The third-order valence-electron chi connectivity index (χ3n) is 4.22. The molecule has 0 saturated heterocycles. The predicted molar refractivity (Wildman–Crippen MR) is 114 cm³/mol. The summed E-state index contributed by atoms with van der Waals surface area (Å²) in [5.41, 5.74) is 7.12. The van der Waals surface area contributed by atoms with Crippen LogP contribution in [0, 0.1) is 13.8 Å². The maximum atomic E-state index is 12.2. The monoisotopic (exact) mass is 456 g/mol. The second-order valence-electron chi connectivity index (χ2n) is 6.43. The standard InChI is InChI=1S/C19H24N2O7S2/c1-5-29(23,24)27-17-11-15(9-7-13(17)3)21(19(20)22)16-10-8-14(4)18(12-16)28-30(25,26)6-2/h7-12H,5-6H2,1-4H3,(H2,20,22). The minimum absolute atomic E-state index is 0.0535. The summed E-state index contributed by atoms with van der Waals surface area (Å²) in [5.74, 6) is -0.336. The molecule has 30 heavy (non-hydrogen) atoms. The molecule has 0 spiro atoms. The zero-order valence-electron chi connectivity index (χ0n) is 17.1. The van der Waals surface area contributed by atoms with E-state index in [-0.39, 0.29) is 34.4 Å². The third kappa shape index (κ3) is 5.63. The Kier molecular flexibility index (Phi) is 6.99. The first-order valence-corrected chi connectivity index (χ1v) is 12.2. The van der Waals surface area contributed by atoms with Gasteiger partial charge in [-0.15, -0.1) is 0 Å². The van der Waals surface area contributed by atoms with Crippen molar-refractivity contribution in [1.82, 2.24) is 0 Å². The largest absolute Gasteiger partial charge is 0.382 e. The van der Waals surface area contributed by atoms with Crippen molar-refractivity contribution in [3.8, 4) is 11.5 Å². The number of nitrogens with two attached hydrogens (primary N) is 1. The Morgan fingerprint density at radius 2 is 1.20 bits per heavy atom. The highest BCUT2D eigenvalue weighted by molar-refractivity contribution is 7.87. The van der Waals surface area contributed by atoms with Gasteiger partial charge in [0.25, 0.3) is 0 Å². The van der Waals surface area contributed by atoms with Crippen molar-refractivity contribution in [2.45, 2.75) is 27.7 Å². The predicted octanol–water partition coefficient (Wildman–Crippen LogP) is 2.98. The molecule has 0 atom stereocenters. The fourth-order valence-electron chi connectivity index (χ4n) is 2.43. The van der Waals surface area contributed by atoms with E-state index in [2.05, 4.69) is 0 Å². The number of hydrogen-bond donors (Lipinski definition) is 1. The molecule has 2 amide bonds. The Hall–Kier alpha value is -2.79. The van der Waals surface area contributed by atoms with Crippen molar-refractivity contribution in [3.05, 3.63) is 47.5 Å². The molecule has 0 aliphatic carbocycles. The van der Waals surface area contributed by atoms with Crippen LogP contribution >= 0.6 is 0 Å². The number of amides is 2. The minimum Gasteiger partial charge on any atom is -0.382 e. The Balaban J connectivity index is 2.55. The van der Waals surface area contributed by atoms with Crippen molar-refractivity contribution in [3.63, 3.8) is 0 Å². The van der Waals surface area contributed by atoms with Gasteiger partial charge in [0.15, 0.2) is 0 Å². The first-order chi connectivity index (χ1) is 13.9. The lowest BCUT2D eigenvalue weighted by Crippen LogP contribution is -2.31. The average molecular weight is 457 g/mol. The van der Waals surface area contributed by atoms with E-state index in [1.54, 1.807) is 38.1 Å². The summed E-state index contributed by atoms with van der Waals surface area (Å²) >= 11 is 0. The Bertz CT molecular complexity index is 1070. The van der Waals surface area contributed by atoms with E-state index in [0.29, 0.717) is 11.1 Å². The number of rotatable bonds is 8. The number of carbonyl (C=O) groups is 1. The Labute approximate surface area is 176 Å². The van der Waals surface area contributed by atoms with Gasteiger partial charge >= 0.3 is 26.3 Å². The molecule has 0 unspecified atom stereocenters. The van der Waals surface area contributed by atoms with Crippen molar-refractivity contribution in [2.24, 2.45) is 5.73 Å². The first-order valence-electron chi connectivity index (χ1n) is 9.04. The van der Waals surface area contributed by atoms with Gasteiger partial charge in [-0.1, -0.05) is 12.1 Å². The number of primary amides is 1. The lowest BCUT2D eigenvalue weighted by Gasteiger charge is -2.23. The minimum atomic E-state index is -3.78. The maximum Gasteiger partial charge on any atom is 0.323 e. The molecule has 0 fully saturated rings. The number of nitrogens with zero attached hydrogens (tertiary/aromatic N) is 1. The molecule has 9 nitrogen and oxygen atoms in total. The van der Waals surface area contributed by atoms with Gasteiger partial charge in [0.05, 0.1) is 22.9 Å². The molecule has 11 heteroatoms. The molecule has 2 N–H and O–H groups in total. The van der Waals surface area contributed by atoms with Crippen molar-refractivity contribution in [1.29, 1.82) is 0 Å². The van der Waals surface area contributed by atoms with Crippen LogP contribution in [0.5, 0.6) is 11.5 Å². The SMILES string of the molecule is CCS(=O)(=O)Oc1cc(N(C(N)=O)c2ccc(C)c(OS(=O)(=O)CC)c2)ccc1C. The van der Waals surface area contributed by atoms with Gasteiger partial charge in [0.1, 0.15) is 11.5 Å². The molecule has 0 heterocycles. The summed E-state index contributed by atoms with van der Waals surface area (Å²) in [6.45, 7) is 6.21. The maximum absolute atomic E-state index is 12.2. The van der Waals surface area contributed by atoms with Crippen LogP contribution in [-0.2, 0) is 20.2 Å². The van der Waals surface area contributed by atoms with Gasteiger partial charge < -0.3 is 14.1 Å². The number of benzene rings is 2. The lowest BCUT2D eigenvalue weighted by molar-refractivity contribution is 0.256. The van der Waals surface area contributed by atoms with Crippen LogP contribution in [0.1, 0.15) is 25.0 Å². The summed E-state index contributed by atoms with van der Waals surface area (Å²) in [6.07, 6.45) is 0. The number of hydrogen-bond acceptors (Lipinski definition) is 7. The molecule has 2 aromatic rings. The van der Waals surface area contributed by atoms with Crippen LogP contribution in [0.25, 0.3) is 0 Å². The Morgan fingerprint density at radius 1 is 0.833 bits per heavy atom. The van der Waals surface area contributed by atoms with E-state index in [4.69, 9.17) is 14.1 Å². The summed E-state index contributed by atoms with van der Waals surface area (Å²) in [7, 11) is -7.56. The van der Waals surface area contributed by atoms with Crippen LogP contribution in [0.2, 0.25) is 0 Å². The van der Waals surface area contributed by atoms with Crippen molar-refractivity contribution < 1.29 is 30.0 Å². The van der Waals surface area contributed by atoms with E-state index in [1.165, 1.54) is 26.0 Å². The molecule has 0 saturated carbocycles. The van der Waals surface area contributed by atoms with Gasteiger partial charge in [0, 0.05) is 12.1 Å². The van der Waals surface area contributed by atoms with Crippen LogP contribution in [0.3, 0.4) is 0 Å². The molecule has 2 aromatic carbocycles. The van der Waals surface area contributed by atoms with Crippen LogP contribution < -0.4 is 19.0 Å². The molecule has 0 aromatic heterocycles. The second-order valence-corrected chi connectivity index (χ2v) is 10.2. The number of anilines is 2. The lowest BCUT2D eigenvalue weighted by atomic mass is 10.1. The molecule has 0 aliphatic heterocycles. The highest BCUT2D eigenvalue weighted by Gasteiger charge is 2.21. The zero-order chi connectivity index (χ0) is 22.7. The molecular formula is C19H24N2O7S2. The van der Waals surface area contributed by atoms with Gasteiger partial charge in [0.2, 0.25) is 0 Å². The highest BCUT2D eigenvalue weighted by Crippen LogP contribution is 2.34. The number of urea groups is 1. The van der Waals surface area contributed by atoms with Gasteiger partial charge in [-0.25, -0.2) is 4.79 Å². The highest BCUT2D eigenvalue weighted by atomic mass is 32.2. The summed E-state index contributed by atoms with van der Waals surface area (Å²) < 4.78 is 57.6. The van der Waals surface area contributed by atoms with Crippen molar-refractivity contribution in [2.75, 3.05) is 16.4 Å². The fourth-order valence-corrected chi connectivity index (χ4v) is 3.57. The van der Waals surface area contributed by atoms with Crippen LogP contribution in [0.15, 0.2) is 36.4 Å². The summed E-state index contributed by atoms with van der Waals surface area (Å²) in [6, 6.07) is 8.17. The van der Waals surface area contributed by atoms with E-state index in [0.717, 1.165) is 4.90 Å². The number of carbonyl (C=O) groups excluding carboxylic acids is 1. The van der Waals surface area contributed by atoms with Gasteiger partial charge in [-0.3, -0.25) is 4.90 Å². The fraction of sp³-hybridized carbons (Fsp3) is 0.316. The summed E-state index contributed by atoms with van der Waals surface area (Å²) in [5, 5.41) is 0. The average Bonchev–Trinajstić information content (AvgIpc) is 2.66. The second kappa shape index (κ2) is 8.92. The van der Waals surface area contributed by atoms with E-state index in [9.17, 15) is 21.6 Å².